The Bertz CT molecular complexity index is 1010. The van der Waals surface area contributed by atoms with Crippen LogP contribution >= 0.6 is 22.6 Å². The summed E-state index contributed by atoms with van der Waals surface area (Å²) in [6, 6.07) is 12.2. The SMILES string of the molecule is CC1=CC(C)(C)N(C(C)C)c2cc(C)c(/C=N\NC(=O)c3cccc(I)c3)cc21. The molecule has 0 spiro atoms. The number of carbonyl (C=O) groups is 1. The molecule has 0 radical (unpaired) electrons. The van der Waals surface area contributed by atoms with Crippen LogP contribution in [0.5, 0.6) is 0 Å². The van der Waals surface area contributed by atoms with Crippen molar-refractivity contribution in [2.75, 3.05) is 4.90 Å². The number of hydrazone groups is 1. The van der Waals surface area contributed by atoms with Crippen molar-refractivity contribution in [2.45, 2.75) is 53.1 Å². The van der Waals surface area contributed by atoms with Gasteiger partial charge in [0.05, 0.1) is 11.8 Å². The van der Waals surface area contributed by atoms with Crippen molar-refractivity contribution in [1.29, 1.82) is 0 Å². The quantitative estimate of drug-likeness (QED) is 0.328. The standard InChI is InChI=1S/C24H28IN3O/c1-15(2)28-22-10-16(3)19(12-21(22)17(4)13-24(28,5)6)14-26-27-23(29)18-8-7-9-20(25)11-18/h7-15H,1-6H3,(H,27,29)/b26-14-. The number of benzene rings is 2. The highest BCUT2D eigenvalue weighted by Gasteiger charge is 2.33. The van der Waals surface area contributed by atoms with Gasteiger partial charge in [-0.1, -0.05) is 12.1 Å². The Hall–Kier alpha value is -2.15. The van der Waals surface area contributed by atoms with E-state index in [0.29, 0.717) is 11.6 Å². The van der Waals surface area contributed by atoms with Gasteiger partial charge in [-0.2, -0.15) is 5.10 Å². The summed E-state index contributed by atoms with van der Waals surface area (Å²) in [6.07, 6.45) is 4.05. The van der Waals surface area contributed by atoms with Crippen LogP contribution in [0.2, 0.25) is 0 Å². The second-order valence-electron chi connectivity index (χ2n) is 8.38. The molecule has 0 aliphatic carbocycles. The van der Waals surface area contributed by atoms with E-state index in [1.165, 1.54) is 16.8 Å². The Morgan fingerprint density at radius 2 is 1.93 bits per heavy atom. The third-order valence-electron chi connectivity index (χ3n) is 5.23. The average molecular weight is 501 g/mol. The molecule has 1 aliphatic rings. The molecule has 1 heterocycles. The van der Waals surface area contributed by atoms with E-state index in [4.69, 9.17) is 0 Å². The van der Waals surface area contributed by atoms with E-state index < -0.39 is 0 Å². The molecule has 2 aromatic rings. The number of rotatable bonds is 4. The summed E-state index contributed by atoms with van der Waals surface area (Å²) in [5, 5.41) is 4.21. The minimum Gasteiger partial charge on any atom is -0.360 e. The van der Waals surface area contributed by atoms with Crippen LogP contribution < -0.4 is 10.3 Å². The first-order valence-corrected chi connectivity index (χ1v) is 10.9. The van der Waals surface area contributed by atoms with Gasteiger partial charge in [0.1, 0.15) is 0 Å². The number of allylic oxidation sites excluding steroid dienone is 1. The van der Waals surface area contributed by atoms with Crippen LogP contribution in [0.15, 0.2) is 47.6 Å². The molecule has 0 saturated heterocycles. The summed E-state index contributed by atoms with van der Waals surface area (Å²) >= 11 is 2.19. The first-order valence-electron chi connectivity index (χ1n) is 9.83. The van der Waals surface area contributed by atoms with Gasteiger partial charge in [0.2, 0.25) is 0 Å². The topological polar surface area (TPSA) is 44.7 Å². The van der Waals surface area contributed by atoms with Crippen LogP contribution in [0.25, 0.3) is 5.57 Å². The predicted molar refractivity (Wildman–Crippen MR) is 131 cm³/mol. The molecular weight excluding hydrogens is 473 g/mol. The van der Waals surface area contributed by atoms with Crippen molar-refractivity contribution in [3.05, 3.63) is 68.3 Å². The van der Waals surface area contributed by atoms with Crippen molar-refractivity contribution in [3.63, 3.8) is 0 Å². The molecule has 0 bridgehead atoms. The zero-order valence-corrected chi connectivity index (χ0v) is 20.0. The molecular formula is C24H28IN3O. The van der Waals surface area contributed by atoms with E-state index in [0.717, 1.165) is 14.7 Å². The van der Waals surface area contributed by atoms with E-state index in [9.17, 15) is 4.79 Å². The lowest BCUT2D eigenvalue weighted by molar-refractivity contribution is 0.0955. The maximum Gasteiger partial charge on any atom is 0.271 e. The summed E-state index contributed by atoms with van der Waals surface area (Å²) in [4.78, 5) is 14.8. The second-order valence-corrected chi connectivity index (χ2v) is 9.63. The van der Waals surface area contributed by atoms with Gasteiger partial charge in [0.25, 0.3) is 5.91 Å². The van der Waals surface area contributed by atoms with Gasteiger partial charge < -0.3 is 4.90 Å². The monoisotopic (exact) mass is 501 g/mol. The molecule has 0 fully saturated rings. The number of halogens is 1. The molecule has 1 N–H and O–H groups in total. The fraction of sp³-hybridized carbons (Fsp3) is 0.333. The van der Waals surface area contributed by atoms with E-state index >= 15 is 0 Å². The molecule has 2 aromatic carbocycles. The summed E-state index contributed by atoms with van der Waals surface area (Å²) in [5.41, 5.74) is 9.07. The van der Waals surface area contributed by atoms with Gasteiger partial charge in [0, 0.05) is 26.4 Å². The van der Waals surface area contributed by atoms with E-state index in [2.05, 4.69) is 97.8 Å². The lowest BCUT2D eigenvalue weighted by Crippen LogP contribution is -2.49. The van der Waals surface area contributed by atoms with E-state index in [1.807, 2.05) is 18.2 Å². The number of nitrogens with one attached hydrogen (secondary N) is 1. The molecule has 5 heteroatoms. The van der Waals surface area contributed by atoms with Crippen LogP contribution in [0.3, 0.4) is 0 Å². The molecule has 1 aliphatic heterocycles. The predicted octanol–water partition coefficient (Wildman–Crippen LogP) is 5.77. The molecule has 29 heavy (non-hydrogen) atoms. The number of anilines is 1. The van der Waals surface area contributed by atoms with Crippen LogP contribution in [0.4, 0.5) is 5.69 Å². The fourth-order valence-electron chi connectivity index (χ4n) is 4.15. The smallest absolute Gasteiger partial charge is 0.271 e. The minimum atomic E-state index is -0.209. The van der Waals surface area contributed by atoms with Crippen molar-refractivity contribution in [3.8, 4) is 0 Å². The average Bonchev–Trinajstić information content (AvgIpc) is 2.61. The zero-order chi connectivity index (χ0) is 21.3. The maximum absolute atomic E-state index is 12.3. The van der Waals surface area contributed by atoms with Gasteiger partial charge in [0.15, 0.2) is 0 Å². The van der Waals surface area contributed by atoms with Crippen molar-refractivity contribution < 1.29 is 4.79 Å². The van der Waals surface area contributed by atoms with Crippen molar-refractivity contribution in [2.24, 2.45) is 5.10 Å². The summed E-state index contributed by atoms with van der Waals surface area (Å²) in [5.74, 6) is -0.209. The molecule has 0 atom stereocenters. The first kappa shape index (κ1) is 21.6. The van der Waals surface area contributed by atoms with Crippen LogP contribution in [-0.2, 0) is 0 Å². The highest BCUT2D eigenvalue weighted by molar-refractivity contribution is 14.1. The molecule has 3 rings (SSSR count). The Labute approximate surface area is 187 Å². The molecule has 1 amide bonds. The first-order chi connectivity index (χ1) is 13.6. The van der Waals surface area contributed by atoms with Gasteiger partial charge in [-0.05, 0) is 111 Å². The third-order valence-corrected chi connectivity index (χ3v) is 5.90. The Kier molecular flexibility index (Phi) is 6.17. The Morgan fingerprint density at radius 1 is 1.21 bits per heavy atom. The zero-order valence-electron chi connectivity index (χ0n) is 17.9. The van der Waals surface area contributed by atoms with E-state index in [-0.39, 0.29) is 11.4 Å². The van der Waals surface area contributed by atoms with Crippen LogP contribution in [0.1, 0.15) is 61.7 Å². The largest absolute Gasteiger partial charge is 0.360 e. The van der Waals surface area contributed by atoms with Gasteiger partial charge >= 0.3 is 0 Å². The maximum atomic E-state index is 12.3. The van der Waals surface area contributed by atoms with Crippen LogP contribution in [-0.4, -0.2) is 23.7 Å². The number of aryl methyl sites for hydroxylation is 1. The van der Waals surface area contributed by atoms with Gasteiger partial charge in [-0.25, -0.2) is 5.43 Å². The highest BCUT2D eigenvalue weighted by Crippen LogP contribution is 2.41. The van der Waals surface area contributed by atoms with Crippen LogP contribution in [0, 0.1) is 10.5 Å². The Balaban J connectivity index is 1.88. The minimum absolute atomic E-state index is 0.0333. The number of hydrogen-bond donors (Lipinski definition) is 1. The lowest BCUT2D eigenvalue weighted by Gasteiger charge is -2.46. The number of nitrogens with zero attached hydrogens (tertiary/aromatic N) is 2. The molecule has 0 aromatic heterocycles. The number of amides is 1. The van der Waals surface area contributed by atoms with Gasteiger partial charge in [-0.15, -0.1) is 0 Å². The fourth-order valence-corrected chi connectivity index (χ4v) is 4.69. The van der Waals surface area contributed by atoms with Crippen molar-refractivity contribution in [1.82, 2.24) is 5.43 Å². The normalized spacial score (nSPS) is 15.4. The van der Waals surface area contributed by atoms with E-state index in [1.54, 1.807) is 12.3 Å². The third kappa shape index (κ3) is 4.55. The number of fused-ring (bicyclic) bond motifs is 1. The second kappa shape index (κ2) is 8.30. The Morgan fingerprint density at radius 3 is 2.59 bits per heavy atom. The molecule has 0 saturated carbocycles. The number of hydrogen-bond acceptors (Lipinski definition) is 3. The lowest BCUT2D eigenvalue weighted by atomic mass is 9.86. The van der Waals surface area contributed by atoms with Crippen molar-refractivity contribution >= 4 is 46.0 Å². The summed E-state index contributed by atoms with van der Waals surface area (Å²) in [6.45, 7) is 13.2. The summed E-state index contributed by atoms with van der Waals surface area (Å²) in [7, 11) is 0. The highest BCUT2D eigenvalue weighted by atomic mass is 127. The molecule has 0 unspecified atom stereocenters. The number of carbonyl (C=O) groups excluding carboxylic acids is 1. The molecule has 4 nitrogen and oxygen atoms in total. The molecule has 152 valence electrons. The van der Waals surface area contributed by atoms with Gasteiger partial charge in [-0.3, -0.25) is 4.79 Å². The summed E-state index contributed by atoms with van der Waals surface area (Å²) < 4.78 is 1.02.